The largest absolute Gasteiger partial charge is 0.490 e. The van der Waals surface area contributed by atoms with Crippen LogP contribution in [0.2, 0.25) is 0 Å². The number of methoxy groups -OCH3 is 1. The van der Waals surface area contributed by atoms with Gasteiger partial charge in [0.2, 0.25) is 12.0 Å². The second-order valence-electron chi connectivity index (χ2n) is 10.9. The van der Waals surface area contributed by atoms with E-state index in [1.807, 2.05) is 0 Å². The van der Waals surface area contributed by atoms with Gasteiger partial charge in [-0.1, -0.05) is 24.3 Å². The average Bonchev–Trinajstić information content (AvgIpc) is 3.41. The fourth-order valence-electron chi connectivity index (χ4n) is 7.28. The number of fused-ring (bicyclic) bond motifs is 4. The number of aliphatic hydroxyl groups excluding tert-OH is 3. The van der Waals surface area contributed by atoms with Crippen molar-refractivity contribution in [3.63, 3.8) is 0 Å². The third kappa shape index (κ3) is 3.69. The van der Waals surface area contributed by atoms with E-state index in [1.54, 1.807) is 43.4 Å². The Hall–Kier alpha value is -2.93. The molecule has 1 aliphatic heterocycles. The van der Waals surface area contributed by atoms with Gasteiger partial charge in [-0.2, -0.15) is 0 Å². The fraction of sp³-hybridized carbons (Fsp3) is 0.552. The summed E-state index contributed by atoms with van der Waals surface area (Å²) in [7, 11) is 1.42. The highest BCUT2D eigenvalue weighted by atomic mass is 16.7. The minimum absolute atomic E-state index is 0.0321. The number of furan rings is 1. The van der Waals surface area contributed by atoms with Crippen LogP contribution in [0.1, 0.15) is 18.9 Å². The van der Waals surface area contributed by atoms with E-state index in [2.05, 4.69) is 0 Å². The van der Waals surface area contributed by atoms with E-state index in [0.717, 1.165) is 0 Å². The van der Waals surface area contributed by atoms with Gasteiger partial charge in [0.25, 0.3) is 0 Å². The molecule has 4 aliphatic rings. The Morgan fingerprint density at radius 3 is 2.58 bits per heavy atom. The molecule has 40 heavy (non-hydrogen) atoms. The predicted octanol–water partition coefficient (Wildman–Crippen LogP) is 0.835. The normalized spacial score (nSPS) is 39.3. The first-order valence-corrected chi connectivity index (χ1v) is 13.5. The van der Waals surface area contributed by atoms with Crippen molar-refractivity contribution < 1.29 is 53.7 Å². The van der Waals surface area contributed by atoms with Crippen LogP contribution < -0.4 is 9.47 Å². The van der Waals surface area contributed by atoms with Gasteiger partial charge in [0.05, 0.1) is 32.7 Å². The second kappa shape index (κ2) is 9.86. The molecule has 2 fully saturated rings. The monoisotopic (exact) mass is 558 g/mol. The van der Waals surface area contributed by atoms with E-state index in [-0.39, 0.29) is 30.9 Å². The van der Waals surface area contributed by atoms with Crippen molar-refractivity contribution in [3.05, 3.63) is 48.3 Å². The topological polar surface area (TPSA) is 168 Å². The molecule has 3 aliphatic carbocycles. The van der Waals surface area contributed by atoms with E-state index in [1.165, 1.54) is 13.4 Å². The van der Waals surface area contributed by atoms with Gasteiger partial charge in [-0.05, 0) is 37.0 Å². The van der Waals surface area contributed by atoms with Crippen LogP contribution in [0.25, 0.3) is 11.0 Å². The van der Waals surface area contributed by atoms with Crippen molar-refractivity contribution in [1.82, 2.24) is 0 Å². The molecule has 10 atom stereocenters. The van der Waals surface area contributed by atoms with E-state index in [9.17, 15) is 30.3 Å². The van der Waals surface area contributed by atoms with Crippen LogP contribution in [0.4, 0.5) is 0 Å². The molecule has 0 spiro atoms. The molecule has 5 N–H and O–H groups in total. The molecule has 6 bridgehead atoms. The van der Waals surface area contributed by atoms with Crippen LogP contribution in [-0.4, -0.2) is 87.6 Å². The first-order valence-electron chi connectivity index (χ1n) is 13.5. The van der Waals surface area contributed by atoms with Gasteiger partial charge < -0.3 is 48.9 Å². The van der Waals surface area contributed by atoms with Gasteiger partial charge in [0, 0.05) is 29.6 Å². The Morgan fingerprint density at radius 1 is 1.07 bits per heavy atom. The fourth-order valence-corrected chi connectivity index (χ4v) is 7.28. The number of aryl methyl sites for hydroxylation is 1. The van der Waals surface area contributed by atoms with Gasteiger partial charge in [-0.3, -0.25) is 4.79 Å². The zero-order valence-electron chi connectivity index (χ0n) is 22.2. The Balaban J connectivity index is 1.47. The van der Waals surface area contributed by atoms with E-state index >= 15 is 0 Å². The highest BCUT2D eigenvalue weighted by Crippen LogP contribution is 2.61. The van der Waals surface area contributed by atoms with Gasteiger partial charge in [0.1, 0.15) is 17.8 Å². The van der Waals surface area contributed by atoms with Crippen LogP contribution in [-0.2, 0) is 20.7 Å². The predicted molar refractivity (Wildman–Crippen MR) is 138 cm³/mol. The summed E-state index contributed by atoms with van der Waals surface area (Å²) in [6.45, 7) is 1.29. The molecule has 1 saturated carbocycles. The van der Waals surface area contributed by atoms with E-state index in [0.29, 0.717) is 16.5 Å². The summed E-state index contributed by atoms with van der Waals surface area (Å²) in [4.78, 5) is 12.2. The third-order valence-electron chi connectivity index (χ3n) is 9.06. The Kier molecular flexibility index (Phi) is 6.72. The highest BCUT2D eigenvalue weighted by molar-refractivity contribution is 5.87. The number of hydrogen-bond acceptors (Lipinski definition) is 11. The number of esters is 1. The minimum Gasteiger partial charge on any atom is -0.490 e. The maximum absolute atomic E-state index is 12.4. The molecule has 2 aromatic rings. The molecule has 0 radical (unpaired) electrons. The van der Waals surface area contributed by atoms with Crippen LogP contribution >= 0.6 is 0 Å². The number of carbonyl (C=O) groups is 1. The molecule has 1 saturated heterocycles. The Morgan fingerprint density at radius 2 is 1.85 bits per heavy atom. The molecule has 1 aromatic carbocycles. The summed E-state index contributed by atoms with van der Waals surface area (Å²) < 4.78 is 28.9. The number of hydrogen-bond donors (Lipinski definition) is 5. The summed E-state index contributed by atoms with van der Waals surface area (Å²) in [5.41, 5.74) is -3.38. The first kappa shape index (κ1) is 27.3. The maximum atomic E-state index is 12.4. The summed E-state index contributed by atoms with van der Waals surface area (Å²) in [5, 5.41) is 57.6. The quantitative estimate of drug-likeness (QED) is 0.230. The minimum atomic E-state index is -2.22. The molecule has 10 unspecified atom stereocenters. The van der Waals surface area contributed by atoms with Crippen molar-refractivity contribution in [2.45, 2.75) is 55.6 Å². The SMILES string of the molecule is CCOC(=O)CCc1cc2ccoc2c(OC)c1OC1OC(CO)C2(O)C3C=CC4C(O)C=CC3C4C1(O)C2O. The lowest BCUT2D eigenvalue weighted by Gasteiger charge is -2.67. The average molecular weight is 559 g/mol. The Labute approximate surface area is 230 Å². The molecule has 1 aromatic heterocycles. The van der Waals surface area contributed by atoms with Crippen molar-refractivity contribution in [2.24, 2.45) is 23.7 Å². The molecule has 6 rings (SSSR count). The lowest BCUT2D eigenvalue weighted by Crippen LogP contribution is -2.84. The molecule has 216 valence electrons. The number of benzene rings is 1. The van der Waals surface area contributed by atoms with Gasteiger partial charge in [0.15, 0.2) is 16.9 Å². The number of aliphatic hydroxyl groups is 5. The standard InChI is InChI=1S/C29H34O11/c1-3-37-21(32)9-4-14-12-15-10-11-38-23(15)25(36-2)24(14)40-27-29(35)22-16-6-8-19(31)17(22)5-7-18(16)28(34,26(29)33)20(13-30)39-27/h5-8,10-12,16-20,22,26-27,30-31,33-35H,3-4,9,13H2,1-2H3. The Bertz CT molecular complexity index is 1350. The molecular formula is C29H34O11. The number of allylic oxidation sites excluding steroid dienone is 1. The highest BCUT2D eigenvalue weighted by Gasteiger charge is 2.76. The van der Waals surface area contributed by atoms with Crippen molar-refractivity contribution >= 4 is 16.9 Å². The maximum Gasteiger partial charge on any atom is 0.306 e. The molecule has 11 heteroatoms. The smallest absolute Gasteiger partial charge is 0.306 e. The van der Waals surface area contributed by atoms with Crippen LogP contribution in [0, 0.1) is 23.7 Å². The number of ether oxygens (including phenoxy) is 4. The molecule has 0 amide bonds. The van der Waals surface area contributed by atoms with Crippen molar-refractivity contribution in [1.29, 1.82) is 0 Å². The molecule has 11 nitrogen and oxygen atoms in total. The number of carbonyl (C=O) groups excluding carboxylic acids is 1. The zero-order chi connectivity index (χ0) is 28.4. The number of rotatable bonds is 8. The van der Waals surface area contributed by atoms with Crippen LogP contribution in [0.3, 0.4) is 0 Å². The summed E-state index contributed by atoms with van der Waals surface area (Å²) in [5.74, 6) is -2.65. The first-order chi connectivity index (χ1) is 19.2. The van der Waals surface area contributed by atoms with Gasteiger partial charge >= 0.3 is 5.97 Å². The zero-order valence-corrected chi connectivity index (χ0v) is 22.2. The van der Waals surface area contributed by atoms with Crippen molar-refractivity contribution in [2.75, 3.05) is 20.3 Å². The summed E-state index contributed by atoms with van der Waals surface area (Å²) in [6.07, 6.45) is 2.85. The van der Waals surface area contributed by atoms with E-state index in [4.69, 9.17) is 23.4 Å². The van der Waals surface area contributed by atoms with Crippen molar-refractivity contribution in [3.8, 4) is 11.5 Å². The van der Waals surface area contributed by atoms with E-state index < -0.39 is 72.1 Å². The van der Waals surface area contributed by atoms with Gasteiger partial charge in [-0.25, -0.2) is 0 Å². The molecule has 2 heterocycles. The van der Waals surface area contributed by atoms with Gasteiger partial charge in [-0.15, -0.1) is 0 Å². The lowest BCUT2D eigenvalue weighted by atomic mass is 9.46. The molecular weight excluding hydrogens is 524 g/mol. The van der Waals surface area contributed by atoms with Crippen LogP contribution in [0.15, 0.2) is 47.1 Å². The van der Waals surface area contributed by atoms with Crippen LogP contribution in [0.5, 0.6) is 11.5 Å². The summed E-state index contributed by atoms with van der Waals surface area (Å²) in [6, 6.07) is 3.50. The summed E-state index contributed by atoms with van der Waals surface area (Å²) >= 11 is 0. The lowest BCUT2D eigenvalue weighted by molar-refractivity contribution is -0.401. The third-order valence-corrected chi connectivity index (χ3v) is 9.06. The second-order valence-corrected chi connectivity index (χ2v) is 10.9.